The summed E-state index contributed by atoms with van der Waals surface area (Å²) >= 11 is 0. The molecule has 1 aliphatic rings. The summed E-state index contributed by atoms with van der Waals surface area (Å²) in [5.74, 6) is -0.0498. The van der Waals surface area contributed by atoms with Gasteiger partial charge in [0.1, 0.15) is 0 Å². The van der Waals surface area contributed by atoms with Gasteiger partial charge in [-0.15, -0.1) is 0 Å². The fraction of sp³-hybridized carbons (Fsp3) is 0.368. The van der Waals surface area contributed by atoms with Crippen LogP contribution in [0.5, 0.6) is 0 Å². The van der Waals surface area contributed by atoms with Crippen molar-refractivity contribution in [1.82, 2.24) is 9.80 Å². The van der Waals surface area contributed by atoms with Gasteiger partial charge < -0.3 is 14.1 Å². The number of ether oxygens (including phenoxy) is 1. The van der Waals surface area contributed by atoms with Crippen molar-refractivity contribution >= 4 is 11.9 Å². The molecule has 0 N–H and O–H groups in total. The maximum absolute atomic E-state index is 12.4. The summed E-state index contributed by atoms with van der Waals surface area (Å²) in [5, 5.41) is 0. The van der Waals surface area contributed by atoms with E-state index in [9.17, 15) is 9.59 Å². The van der Waals surface area contributed by atoms with E-state index < -0.39 is 5.97 Å². The molecular weight excluding hydrogens is 320 g/mol. The zero-order chi connectivity index (χ0) is 17.6. The smallest absolute Gasteiger partial charge is 0.374 e. The van der Waals surface area contributed by atoms with E-state index in [1.54, 1.807) is 6.07 Å². The van der Waals surface area contributed by atoms with Gasteiger partial charge in [-0.05, 0) is 11.6 Å². The Labute approximate surface area is 147 Å². The number of benzene rings is 1. The Kier molecular flexibility index (Phi) is 5.50. The van der Waals surface area contributed by atoms with Crippen LogP contribution >= 0.6 is 0 Å². The largest absolute Gasteiger partial charge is 0.463 e. The van der Waals surface area contributed by atoms with Gasteiger partial charge in [0.15, 0.2) is 0 Å². The van der Waals surface area contributed by atoms with Crippen LogP contribution in [0.15, 0.2) is 47.1 Å². The van der Waals surface area contributed by atoms with Crippen LogP contribution in [0.4, 0.5) is 0 Å². The van der Waals surface area contributed by atoms with Crippen LogP contribution in [-0.2, 0) is 22.5 Å². The lowest BCUT2D eigenvalue weighted by Crippen LogP contribution is -2.48. The van der Waals surface area contributed by atoms with E-state index in [0.29, 0.717) is 26.1 Å². The second-order valence-corrected chi connectivity index (χ2v) is 6.09. The van der Waals surface area contributed by atoms with Gasteiger partial charge in [0, 0.05) is 38.3 Å². The quantitative estimate of drug-likeness (QED) is 0.777. The van der Waals surface area contributed by atoms with Gasteiger partial charge >= 0.3 is 5.97 Å². The van der Waals surface area contributed by atoms with Crippen molar-refractivity contribution in [3.05, 3.63) is 59.5 Å². The number of carbonyl (C=O) groups excluding carboxylic acids is 2. The molecule has 1 aliphatic heterocycles. The average Bonchev–Trinajstić information content (AvgIpc) is 3.10. The first-order valence-electron chi connectivity index (χ1n) is 8.36. The van der Waals surface area contributed by atoms with E-state index in [4.69, 9.17) is 9.15 Å². The Morgan fingerprint density at radius 3 is 2.48 bits per heavy atom. The molecule has 1 aromatic heterocycles. The lowest BCUT2D eigenvalue weighted by Gasteiger charge is -2.34. The molecule has 0 atom stereocenters. The number of hydrogen-bond donors (Lipinski definition) is 0. The highest BCUT2D eigenvalue weighted by atomic mass is 16.5. The summed E-state index contributed by atoms with van der Waals surface area (Å²) in [7, 11) is 1.34. The van der Waals surface area contributed by atoms with Crippen LogP contribution in [0.25, 0.3) is 0 Å². The van der Waals surface area contributed by atoms with Crippen LogP contribution < -0.4 is 0 Å². The Hall–Kier alpha value is -2.60. The summed E-state index contributed by atoms with van der Waals surface area (Å²) in [6.07, 6.45) is 1.94. The van der Waals surface area contributed by atoms with Gasteiger partial charge in [0.2, 0.25) is 11.7 Å². The number of carbonyl (C=O) groups is 2. The molecular formula is C19H22N2O4. The van der Waals surface area contributed by atoms with Crippen molar-refractivity contribution in [1.29, 1.82) is 0 Å². The topological polar surface area (TPSA) is 63.0 Å². The minimum atomic E-state index is -0.461. The highest BCUT2D eigenvalue weighted by Gasteiger charge is 2.23. The van der Waals surface area contributed by atoms with Crippen molar-refractivity contribution in [3.63, 3.8) is 0 Å². The van der Waals surface area contributed by atoms with E-state index in [1.807, 2.05) is 35.2 Å². The van der Waals surface area contributed by atoms with E-state index in [-0.39, 0.29) is 11.7 Å². The lowest BCUT2D eigenvalue weighted by molar-refractivity contribution is -0.132. The molecule has 0 unspecified atom stereocenters. The van der Waals surface area contributed by atoms with Crippen LogP contribution in [0, 0.1) is 0 Å². The summed E-state index contributed by atoms with van der Waals surface area (Å²) in [6.45, 7) is 3.54. The summed E-state index contributed by atoms with van der Waals surface area (Å²) in [5.41, 5.74) is 1.85. The maximum Gasteiger partial charge on any atom is 0.374 e. The second kappa shape index (κ2) is 7.98. The number of methoxy groups -OCH3 is 1. The van der Waals surface area contributed by atoms with Crippen LogP contribution in [0.3, 0.4) is 0 Å². The van der Waals surface area contributed by atoms with E-state index in [0.717, 1.165) is 24.2 Å². The number of esters is 1. The first kappa shape index (κ1) is 17.2. The van der Waals surface area contributed by atoms with Gasteiger partial charge in [0.05, 0.1) is 19.8 Å². The molecule has 0 radical (unpaired) electrons. The molecule has 2 heterocycles. The van der Waals surface area contributed by atoms with E-state index in [2.05, 4.69) is 4.90 Å². The van der Waals surface area contributed by atoms with Crippen LogP contribution in [0.1, 0.15) is 21.7 Å². The molecule has 0 aliphatic carbocycles. The molecule has 1 fully saturated rings. The molecule has 132 valence electrons. The third-order valence-corrected chi connectivity index (χ3v) is 4.43. The number of rotatable bonds is 5. The second-order valence-electron chi connectivity index (χ2n) is 6.09. The standard InChI is InChI=1S/C19H22N2O4/c1-24-19(23)18-16(7-12-25-18)14-20-8-10-21(11-9-20)17(22)13-15-5-3-2-4-6-15/h2-7,12H,8-11,13-14H2,1H3. The fourth-order valence-electron chi connectivity index (χ4n) is 3.01. The van der Waals surface area contributed by atoms with Crippen LogP contribution in [-0.4, -0.2) is 55.0 Å². The Balaban J connectivity index is 1.51. The first-order chi connectivity index (χ1) is 12.2. The molecule has 3 rings (SSSR count). The minimum Gasteiger partial charge on any atom is -0.463 e. The molecule has 0 saturated carbocycles. The highest BCUT2D eigenvalue weighted by Crippen LogP contribution is 2.16. The van der Waals surface area contributed by atoms with Crippen molar-refractivity contribution < 1.29 is 18.7 Å². The fourth-order valence-corrected chi connectivity index (χ4v) is 3.01. The highest BCUT2D eigenvalue weighted by molar-refractivity contribution is 5.87. The van der Waals surface area contributed by atoms with Gasteiger partial charge in [-0.1, -0.05) is 30.3 Å². The maximum atomic E-state index is 12.4. The lowest BCUT2D eigenvalue weighted by atomic mass is 10.1. The number of hydrogen-bond acceptors (Lipinski definition) is 5. The number of piperazine rings is 1. The average molecular weight is 342 g/mol. The molecule has 0 spiro atoms. The Morgan fingerprint density at radius 1 is 1.08 bits per heavy atom. The molecule has 2 aromatic rings. The number of nitrogens with zero attached hydrogens (tertiary/aromatic N) is 2. The molecule has 6 nitrogen and oxygen atoms in total. The Morgan fingerprint density at radius 2 is 1.80 bits per heavy atom. The normalized spacial score (nSPS) is 15.2. The summed E-state index contributed by atoms with van der Waals surface area (Å²) in [6, 6.07) is 11.6. The monoisotopic (exact) mass is 342 g/mol. The molecule has 25 heavy (non-hydrogen) atoms. The summed E-state index contributed by atoms with van der Waals surface area (Å²) < 4.78 is 9.94. The van der Waals surface area contributed by atoms with E-state index >= 15 is 0 Å². The third kappa shape index (κ3) is 4.28. The zero-order valence-corrected chi connectivity index (χ0v) is 14.3. The summed E-state index contributed by atoms with van der Waals surface area (Å²) in [4.78, 5) is 28.2. The zero-order valence-electron chi connectivity index (χ0n) is 14.3. The van der Waals surface area contributed by atoms with Gasteiger partial charge in [-0.25, -0.2) is 4.79 Å². The molecule has 6 heteroatoms. The van der Waals surface area contributed by atoms with Crippen molar-refractivity contribution in [2.75, 3.05) is 33.3 Å². The number of furan rings is 1. The predicted molar refractivity (Wildman–Crippen MR) is 92.1 cm³/mol. The third-order valence-electron chi connectivity index (χ3n) is 4.43. The minimum absolute atomic E-state index is 0.157. The molecule has 1 amide bonds. The van der Waals surface area contributed by atoms with E-state index in [1.165, 1.54) is 13.4 Å². The molecule has 1 aromatic carbocycles. The van der Waals surface area contributed by atoms with Crippen molar-refractivity contribution in [2.45, 2.75) is 13.0 Å². The van der Waals surface area contributed by atoms with Crippen molar-refractivity contribution in [2.24, 2.45) is 0 Å². The SMILES string of the molecule is COC(=O)c1occc1CN1CCN(C(=O)Cc2ccccc2)CC1. The van der Waals surface area contributed by atoms with Gasteiger partial charge in [0.25, 0.3) is 0 Å². The van der Waals surface area contributed by atoms with Gasteiger partial charge in [-0.2, -0.15) is 0 Å². The Bertz CT molecular complexity index is 718. The van der Waals surface area contributed by atoms with Crippen LogP contribution in [0.2, 0.25) is 0 Å². The molecule has 1 saturated heterocycles. The first-order valence-corrected chi connectivity index (χ1v) is 8.36. The van der Waals surface area contributed by atoms with Gasteiger partial charge in [-0.3, -0.25) is 9.69 Å². The molecule has 0 bridgehead atoms. The number of amides is 1. The predicted octanol–water partition coefficient (Wildman–Crippen LogP) is 1.95. The van der Waals surface area contributed by atoms with Crippen molar-refractivity contribution in [3.8, 4) is 0 Å².